The Morgan fingerprint density at radius 2 is 1.97 bits per heavy atom. The number of halogens is 4. The maximum Gasteiger partial charge on any atom is 0.420 e. The van der Waals surface area contributed by atoms with Crippen LogP contribution in [0.15, 0.2) is 36.5 Å². The highest BCUT2D eigenvalue weighted by Gasteiger charge is 2.36. The van der Waals surface area contributed by atoms with Crippen molar-refractivity contribution in [2.24, 2.45) is 0 Å². The first-order valence-electron chi connectivity index (χ1n) is 9.11. The average Bonchev–Trinajstić information content (AvgIpc) is 3.10. The second-order valence-electron chi connectivity index (χ2n) is 7.11. The molecule has 2 aromatic heterocycles. The zero-order chi connectivity index (χ0) is 20.8. The maximum absolute atomic E-state index is 13.7. The molecule has 3 aromatic rings. The Morgan fingerprint density at radius 3 is 2.62 bits per heavy atom. The highest BCUT2D eigenvalue weighted by atomic mass is 19.4. The van der Waals surface area contributed by atoms with Crippen LogP contribution in [0.5, 0.6) is 0 Å². The molecule has 0 amide bonds. The van der Waals surface area contributed by atoms with Crippen LogP contribution in [0, 0.1) is 5.82 Å². The van der Waals surface area contributed by atoms with Crippen LogP contribution in [0.2, 0.25) is 0 Å². The van der Waals surface area contributed by atoms with Gasteiger partial charge in [-0.3, -0.25) is 4.90 Å². The predicted octanol–water partition coefficient (Wildman–Crippen LogP) is 2.84. The second kappa shape index (κ2) is 7.36. The lowest BCUT2D eigenvalue weighted by Gasteiger charge is -2.34. The van der Waals surface area contributed by atoms with Crippen LogP contribution in [-0.4, -0.2) is 50.3 Å². The number of aliphatic hydroxyl groups excluding tert-OH is 1. The van der Waals surface area contributed by atoms with Gasteiger partial charge in [-0.1, -0.05) is 0 Å². The van der Waals surface area contributed by atoms with Crippen LogP contribution in [0.1, 0.15) is 24.4 Å². The van der Waals surface area contributed by atoms with Gasteiger partial charge in [0.1, 0.15) is 17.1 Å². The summed E-state index contributed by atoms with van der Waals surface area (Å²) in [6.07, 6.45) is -4.51. The summed E-state index contributed by atoms with van der Waals surface area (Å²) < 4.78 is 55.2. The van der Waals surface area contributed by atoms with E-state index in [1.807, 2.05) is 6.92 Å². The fourth-order valence-electron chi connectivity index (χ4n) is 3.46. The molecule has 1 fully saturated rings. The SMILES string of the molecule is C[C@H]1CN(C(O)c2cn3nc(-c4ccc(F)cc4)cc(C(F)(F)F)c3n2)CCN1. The van der Waals surface area contributed by atoms with Crippen molar-refractivity contribution < 1.29 is 22.7 Å². The van der Waals surface area contributed by atoms with Crippen LogP contribution in [0.25, 0.3) is 16.9 Å². The molecule has 1 aliphatic rings. The number of nitrogens with zero attached hydrogens (tertiary/aromatic N) is 4. The minimum absolute atomic E-state index is 0.0269. The number of hydrogen-bond donors (Lipinski definition) is 2. The van der Waals surface area contributed by atoms with E-state index < -0.39 is 23.8 Å². The highest BCUT2D eigenvalue weighted by molar-refractivity contribution is 5.63. The van der Waals surface area contributed by atoms with Gasteiger partial charge < -0.3 is 10.4 Å². The Kier molecular flexibility index (Phi) is 5.01. The van der Waals surface area contributed by atoms with Crippen molar-refractivity contribution >= 4 is 5.65 Å². The van der Waals surface area contributed by atoms with Crippen molar-refractivity contribution in [2.75, 3.05) is 19.6 Å². The summed E-state index contributed by atoms with van der Waals surface area (Å²) in [6.45, 7) is 3.70. The van der Waals surface area contributed by atoms with Crippen LogP contribution in [0.4, 0.5) is 17.6 Å². The van der Waals surface area contributed by atoms with Gasteiger partial charge in [0.25, 0.3) is 0 Å². The first-order chi connectivity index (χ1) is 13.7. The Balaban J connectivity index is 1.79. The third kappa shape index (κ3) is 3.96. The zero-order valence-electron chi connectivity index (χ0n) is 15.5. The van der Waals surface area contributed by atoms with E-state index in [1.54, 1.807) is 4.90 Å². The third-order valence-electron chi connectivity index (χ3n) is 4.90. The van der Waals surface area contributed by atoms with E-state index >= 15 is 0 Å². The van der Waals surface area contributed by atoms with Gasteiger partial charge in [0.15, 0.2) is 11.9 Å². The maximum atomic E-state index is 13.7. The number of aliphatic hydroxyl groups is 1. The number of piperazine rings is 1. The molecule has 6 nitrogen and oxygen atoms in total. The lowest BCUT2D eigenvalue weighted by molar-refractivity contribution is -0.136. The molecule has 1 unspecified atom stereocenters. The molecule has 0 bridgehead atoms. The molecule has 2 N–H and O–H groups in total. The third-order valence-corrected chi connectivity index (χ3v) is 4.90. The summed E-state index contributed by atoms with van der Waals surface area (Å²) in [5.74, 6) is -0.496. The number of fused-ring (bicyclic) bond motifs is 1. The fraction of sp³-hybridized carbons (Fsp3) is 0.368. The number of rotatable bonds is 3. The van der Waals surface area contributed by atoms with E-state index in [2.05, 4.69) is 15.4 Å². The van der Waals surface area contributed by atoms with Gasteiger partial charge in [0.2, 0.25) is 0 Å². The molecule has 29 heavy (non-hydrogen) atoms. The Bertz CT molecular complexity index is 1020. The standard InChI is InChI=1S/C19H19F4N5O/c1-11-9-27(7-6-24-11)18(29)16-10-28-17(25-16)14(19(21,22)23)8-15(26-28)12-2-4-13(20)5-3-12/h2-5,8,10-11,18,24,29H,6-7,9H2,1H3/t11-,18?/m0/s1. The van der Waals surface area contributed by atoms with Crippen molar-refractivity contribution in [3.63, 3.8) is 0 Å². The lowest BCUT2D eigenvalue weighted by Crippen LogP contribution is -2.50. The average molecular weight is 409 g/mol. The molecule has 1 aliphatic heterocycles. The van der Waals surface area contributed by atoms with Crippen molar-refractivity contribution in [2.45, 2.75) is 25.4 Å². The molecule has 2 atom stereocenters. The van der Waals surface area contributed by atoms with E-state index in [0.29, 0.717) is 25.2 Å². The summed E-state index contributed by atoms with van der Waals surface area (Å²) in [5.41, 5.74) is -0.905. The summed E-state index contributed by atoms with van der Waals surface area (Å²) in [6, 6.07) is 6.06. The van der Waals surface area contributed by atoms with Gasteiger partial charge >= 0.3 is 6.18 Å². The normalized spacial score (nSPS) is 19.6. The Hall–Kier alpha value is -2.56. The summed E-state index contributed by atoms with van der Waals surface area (Å²) in [4.78, 5) is 5.78. The number of hydrogen-bond acceptors (Lipinski definition) is 5. The van der Waals surface area contributed by atoms with Gasteiger partial charge in [0.05, 0.1) is 11.9 Å². The molecule has 0 spiro atoms. The quantitative estimate of drug-likeness (QED) is 0.652. The molecule has 1 aromatic carbocycles. The van der Waals surface area contributed by atoms with Crippen molar-refractivity contribution in [1.82, 2.24) is 24.8 Å². The van der Waals surface area contributed by atoms with Gasteiger partial charge in [-0.2, -0.15) is 18.3 Å². The molecule has 0 radical (unpaired) electrons. The molecule has 0 saturated carbocycles. The van der Waals surface area contributed by atoms with Crippen LogP contribution in [0.3, 0.4) is 0 Å². The monoisotopic (exact) mass is 409 g/mol. The van der Waals surface area contributed by atoms with E-state index in [4.69, 9.17) is 0 Å². The van der Waals surface area contributed by atoms with Crippen LogP contribution in [-0.2, 0) is 6.18 Å². The van der Waals surface area contributed by atoms with E-state index in [9.17, 15) is 22.7 Å². The van der Waals surface area contributed by atoms with Crippen molar-refractivity contribution in [3.05, 3.63) is 53.6 Å². The van der Waals surface area contributed by atoms with Gasteiger partial charge in [-0.15, -0.1) is 0 Å². The molecule has 3 heterocycles. The van der Waals surface area contributed by atoms with Gasteiger partial charge in [0, 0.05) is 31.2 Å². The molecule has 0 aliphatic carbocycles. The second-order valence-corrected chi connectivity index (χ2v) is 7.11. The number of nitrogens with one attached hydrogen (secondary N) is 1. The summed E-state index contributed by atoms with van der Waals surface area (Å²) >= 11 is 0. The predicted molar refractivity (Wildman–Crippen MR) is 97.4 cm³/mol. The van der Waals surface area contributed by atoms with E-state index in [1.165, 1.54) is 18.3 Å². The molecular formula is C19H19F4N5O. The number of aromatic nitrogens is 3. The number of imidazole rings is 1. The molecule has 1 saturated heterocycles. The molecule has 154 valence electrons. The van der Waals surface area contributed by atoms with E-state index in [-0.39, 0.29) is 23.1 Å². The van der Waals surface area contributed by atoms with Crippen molar-refractivity contribution in [1.29, 1.82) is 0 Å². The largest absolute Gasteiger partial charge is 0.420 e. The van der Waals surface area contributed by atoms with Crippen LogP contribution >= 0.6 is 0 Å². The Morgan fingerprint density at radius 1 is 1.24 bits per heavy atom. The lowest BCUT2D eigenvalue weighted by atomic mass is 10.1. The summed E-state index contributed by atoms with van der Waals surface area (Å²) in [5, 5.41) is 18.1. The molecule has 4 rings (SSSR count). The van der Waals surface area contributed by atoms with E-state index in [0.717, 1.165) is 22.7 Å². The van der Waals surface area contributed by atoms with Crippen LogP contribution < -0.4 is 5.32 Å². The smallest absolute Gasteiger partial charge is 0.372 e. The van der Waals surface area contributed by atoms with Gasteiger partial charge in [-0.25, -0.2) is 13.9 Å². The minimum Gasteiger partial charge on any atom is -0.372 e. The Labute approximate surface area is 163 Å². The minimum atomic E-state index is -4.67. The van der Waals surface area contributed by atoms with Gasteiger partial charge in [-0.05, 0) is 37.3 Å². The summed E-state index contributed by atoms with van der Waals surface area (Å²) in [7, 11) is 0. The van der Waals surface area contributed by atoms with Crippen molar-refractivity contribution in [3.8, 4) is 11.3 Å². The zero-order valence-corrected chi connectivity index (χ0v) is 15.5. The number of benzene rings is 1. The number of alkyl halides is 3. The molecular weight excluding hydrogens is 390 g/mol. The fourth-order valence-corrected chi connectivity index (χ4v) is 3.46. The first-order valence-corrected chi connectivity index (χ1v) is 9.11. The molecule has 10 heteroatoms. The first kappa shape index (κ1) is 19.7. The highest BCUT2D eigenvalue weighted by Crippen LogP contribution is 2.35. The topological polar surface area (TPSA) is 65.7 Å².